The van der Waals surface area contributed by atoms with E-state index >= 15 is 0 Å². The van der Waals surface area contributed by atoms with Gasteiger partial charge in [0.1, 0.15) is 0 Å². The molecule has 4 nitrogen and oxygen atoms in total. The van der Waals surface area contributed by atoms with E-state index in [1.54, 1.807) is 6.20 Å². The van der Waals surface area contributed by atoms with Gasteiger partial charge in [-0.05, 0) is 26.2 Å². The van der Waals surface area contributed by atoms with Gasteiger partial charge in [-0.3, -0.25) is 9.89 Å². The normalized spacial score (nSPS) is 21.1. The number of nitrogens with one attached hydrogen (secondary N) is 1. The van der Waals surface area contributed by atoms with Crippen molar-refractivity contribution in [3.8, 4) is 0 Å². The average Bonchev–Trinajstić information content (AvgIpc) is 2.74. The molecule has 1 unspecified atom stereocenters. The molecule has 16 heavy (non-hydrogen) atoms. The smallest absolute Gasteiger partial charge is 0.257 e. The van der Waals surface area contributed by atoms with Crippen LogP contribution in [0.25, 0.3) is 0 Å². The minimum Gasteiger partial charge on any atom is -0.334 e. The largest absolute Gasteiger partial charge is 0.334 e. The molecule has 1 atom stereocenters. The van der Waals surface area contributed by atoms with Gasteiger partial charge < -0.3 is 4.90 Å². The van der Waals surface area contributed by atoms with Crippen molar-refractivity contribution in [3.63, 3.8) is 0 Å². The van der Waals surface area contributed by atoms with Gasteiger partial charge in [-0.25, -0.2) is 0 Å². The molecular weight excluding hydrogens is 226 g/mol. The van der Waals surface area contributed by atoms with Crippen LogP contribution in [-0.2, 0) is 0 Å². The van der Waals surface area contributed by atoms with E-state index in [9.17, 15) is 4.79 Å². The van der Waals surface area contributed by atoms with Gasteiger partial charge in [-0.2, -0.15) is 5.10 Å². The van der Waals surface area contributed by atoms with E-state index in [0.717, 1.165) is 31.5 Å². The fourth-order valence-corrected chi connectivity index (χ4v) is 2.47. The number of hydrogen-bond acceptors (Lipinski definition) is 2. The highest BCUT2D eigenvalue weighted by molar-refractivity contribution is 6.18. The molecule has 0 saturated carbocycles. The Bertz CT molecular complexity index is 377. The zero-order chi connectivity index (χ0) is 11.5. The van der Waals surface area contributed by atoms with Gasteiger partial charge in [0.15, 0.2) is 0 Å². The first-order chi connectivity index (χ1) is 7.74. The van der Waals surface area contributed by atoms with Crippen molar-refractivity contribution < 1.29 is 4.79 Å². The Morgan fingerprint density at radius 2 is 2.50 bits per heavy atom. The van der Waals surface area contributed by atoms with E-state index in [1.165, 1.54) is 0 Å². The first-order valence-electron chi connectivity index (χ1n) is 5.61. The fourth-order valence-electron chi connectivity index (χ4n) is 2.15. The number of amides is 1. The van der Waals surface area contributed by atoms with E-state index in [-0.39, 0.29) is 11.9 Å². The number of carbonyl (C=O) groups excluding carboxylic acids is 1. The SMILES string of the molecule is Cc1[nH]ncc1C(=O)N1CCCCC1CCl. The predicted molar refractivity (Wildman–Crippen MR) is 62.7 cm³/mol. The second kappa shape index (κ2) is 4.87. The van der Waals surface area contributed by atoms with Crippen molar-refractivity contribution in [2.24, 2.45) is 0 Å². The summed E-state index contributed by atoms with van der Waals surface area (Å²) >= 11 is 5.90. The summed E-state index contributed by atoms with van der Waals surface area (Å²) in [4.78, 5) is 14.1. The maximum absolute atomic E-state index is 12.3. The zero-order valence-corrected chi connectivity index (χ0v) is 10.1. The van der Waals surface area contributed by atoms with Crippen molar-refractivity contribution in [1.29, 1.82) is 0 Å². The molecule has 0 bridgehead atoms. The van der Waals surface area contributed by atoms with Gasteiger partial charge >= 0.3 is 0 Å². The second-order valence-corrected chi connectivity index (χ2v) is 4.52. The summed E-state index contributed by atoms with van der Waals surface area (Å²) in [6.45, 7) is 2.67. The minimum absolute atomic E-state index is 0.0524. The number of alkyl halides is 1. The fraction of sp³-hybridized carbons (Fsp3) is 0.636. The van der Waals surface area contributed by atoms with Crippen molar-refractivity contribution in [2.45, 2.75) is 32.2 Å². The van der Waals surface area contributed by atoms with Gasteiger partial charge in [0.05, 0.1) is 11.8 Å². The summed E-state index contributed by atoms with van der Waals surface area (Å²) in [5.41, 5.74) is 1.49. The van der Waals surface area contributed by atoms with Crippen molar-refractivity contribution in [3.05, 3.63) is 17.5 Å². The van der Waals surface area contributed by atoms with Crippen LogP contribution in [0.5, 0.6) is 0 Å². The lowest BCUT2D eigenvalue weighted by Gasteiger charge is -2.34. The lowest BCUT2D eigenvalue weighted by molar-refractivity contribution is 0.0638. The molecule has 2 rings (SSSR count). The summed E-state index contributed by atoms with van der Waals surface area (Å²) in [5, 5.41) is 6.67. The maximum Gasteiger partial charge on any atom is 0.257 e. The zero-order valence-electron chi connectivity index (χ0n) is 9.37. The predicted octanol–water partition coefficient (Wildman–Crippen LogP) is 1.95. The highest BCUT2D eigenvalue weighted by Gasteiger charge is 2.28. The number of carbonyl (C=O) groups is 1. The van der Waals surface area contributed by atoms with Crippen LogP contribution >= 0.6 is 11.6 Å². The first-order valence-corrected chi connectivity index (χ1v) is 6.14. The maximum atomic E-state index is 12.3. The van der Waals surface area contributed by atoms with Crippen molar-refractivity contribution >= 4 is 17.5 Å². The highest BCUT2D eigenvalue weighted by atomic mass is 35.5. The quantitative estimate of drug-likeness (QED) is 0.805. The Balaban J connectivity index is 2.17. The molecule has 1 N–H and O–H groups in total. The summed E-state index contributed by atoms with van der Waals surface area (Å²) in [6.07, 6.45) is 4.82. The van der Waals surface area contributed by atoms with E-state index in [4.69, 9.17) is 11.6 Å². The number of rotatable bonds is 2. The number of aromatic nitrogens is 2. The van der Waals surface area contributed by atoms with E-state index < -0.39 is 0 Å². The number of hydrogen-bond donors (Lipinski definition) is 1. The molecule has 88 valence electrons. The third kappa shape index (κ3) is 2.07. The number of likely N-dealkylation sites (tertiary alicyclic amines) is 1. The molecule has 1 saturated heterocycles. The standard InChI is InChI=1S/C11H16ClN3O/c1-8-10(7-13-14-8)11(16)15-5-3-2-4-9(15)6-12/h7,9H,2-6H2,1H3,(H,13,14). The average molecular weight is 242 g/mol. The molecule has 1 aliphatic rings. The monoisotopic (exact) mass is 241 g/mol. The van der Waals surface area contributed by atoms with Crippen LogP contribution < -0.4 is 0 Å². The molecule has 1 aliphatic heterocycles. The lowest BCUT2D eigenvalue weighted by atomic mass is 10.0. The number of nitrogens with zero attached hydrogens (tertiary/aromatic N) is 2. The first kappa shape index (κ1) is 11.5. The van der Waals surface area contributed by atoms with E-state index in [1.807, 2.05) is 11.8 Å². The Hall–Kier alpha value is -1.03. The van der Waals surface area contributed by atoms with Gasteiger partial charge in [0, 0.05) is 24.2 Å². The molecule has 2 heterocycles. The van der Waals surface area contributed by atoms with Crippen molar-refractivity contribution in [2.75, 3.05) is 12.4 Å². The van der Waals surface area contributed by atoms with Crippen LogP contribution in [0.1, 0.15) is 35.3 Å². The Kier molecular flexibility index (Phi) is 3.49. The molecule has 0 aromatic carbocycles. The molecule has 1 aromatic rings. The molecule has 0 spiro atoms. The molecule has 0 radical (unpaired) electrons. The number of halogens is 1. The second-order valence-electron chi connectivity index (χ2n) is 4.21. The third-order valence-electron chi connectivity index (χ3n) is 3.13. The molecular formula is C11H16ClN3O. The van der Waals surface area contributed by atoms with Crippen LogP contribution in [0.2, 0.25) is 0 Å². The van der Waals surface area contributed by atoms with Crippen LogP contribution in [0.3, 0.4) is 0 Å². The number of aromatic amines is 1. The summed E-state index contributed by atoms with van der Waals surface area (Å²) in [7, 11) is 0. The molecule has 5 heteroatoms. The highest BCUT2D eigenvalue weighted by Crippen LogP contribution is 2.21. The molecule has 1 amide bonds. The number of aryl methyl sites for hydroxylation is 1. The van der Waals surface area contributed by atoms with Gasteiger partial charge in [0.25, 0.3) is 5.91 Å². The van der Waals surface area contributed by atoms with Crippen LogP contribution in [0.15, 0.2) is 6.20 Å². The molecule has 1 aromatic heterocycles. The molecule has 1 fully saturated rings. The summed E-state index contributed by atoms with van der Waals surface area (Å²) in [6, 6.07) is 0.178. The van der Waals surface area contributed by atoms with Gasteiger partial charge in [-0.15, -0.1) is 11.6 Å². The Labute approximate surface area is 100.0 Å². The summed E-state index contributed by atoms with van der Waals surface area (Å²) in [5.74, 6) is 0.569. The molecule has 0 aliphatic carbocycles. The lowest BCUT2D eigenvalue weighted by Crippen LogP contribution is -2.44. The van der Waals surface area contributed by atoms with Crippen LogP contribution in [0, 0.1) is 6.92 Å². The van der Waals surface area contributed by atoms with E-state index in [2.05, 4.69) is 10.2 Å². The van der Waals surface area contributed by atoms with Crippen molar-refractivity contribution in [1.82, 2.24) is 15.1 Å². The van der Waals surface area contributed by atoms with Crippen LogP contribution in [0.4, 0.5) is 0 Å². The number of H-pyrrole nitrogens is 1. The minimum atomic E-state index is 0.0524. The number of piperidine rings is 1. The van der Waals surface area contributed by atoms with Gasteiger partial charge in [0.2, 0.25) is 0 Å². The Morgan fingerprint density at radius 3 is 3.12 bits per heavy atom. The third-order valence-corrected chi connectivity index (χ3v) is 3.48. The Morgan fingerprint density at radius 1 is 1.69 bits per heavy atom. The topological polar surface area (TPSA) is 49.0 Å². The van der Waals surface area contributed by atoms with Crippen LogP contribution in [-0.4, -0.2) is 39.5 Å². The summed E-state index contributed by atoms with van der Waals surface area (Å²) < 4.78 is 0. The van der Waals surface area contributed by atoms with E-state index in [0.29, 0.717) is 11.4 Å². The van der Waals surface area contributed by atoms with Gasteiger partial charge in [-0.1, -0.05) is 0 Å².